The van der Waals surface area contributed by atoms with Crippen molar-refractivity contribution in [2.24, 2.45) is 0 Å². The van der Waals surface area contributed by atoms with Crippen molar-refractivity contribution in [1.29, 1.82) is 0 Å². The molecule has 0 radical (unpaired) electrons. The molecule has 0 aliphatic carbocycles. The average molecular weight is 331 g/mol. The van der Waals surface area contributed by atoms with E-state index >= 15 is 0 Å². The number of rotatable bonds is 6. The Bertz CT molecular complexity index is 510. The SMILES string of the molecule is O=C(c1cc(Cl)ccc1F)N(CCO)CCN1CCOCC1. The number of morpholine rings is 1. The Morgan fingerprint density at radius 1 is 1.36 bits per heavy atom. The molecule has 0 atom stereocenters. The van der Waals surface area contributed by atoms with Gasteiger partial charge in [0.2, 0.25) is 0 Å². The van der Waals surface area contributed by atoms with Crippen LogP contribution < -0.4 is 0 Å². The van der Waals surface area contributed by atoms with Crippen LogP contribution in [0.15, 0.2) is 18.2 Å². The third kappa shape index (κ3) is 4.64. The summed E-state index contributed by atoms with van der Waals surface area (Å²) in [7, 11) is 0. The molecule has 0 aromatic heterocycles. The van der Waals surface area contributed by atoms with Gasteiger partial charge in [0, 0.05) is 37.7 Å². The minimum Gasteiger partial charge on any atom is -0.395 e. The molecule has 1 saturated heterocycles. The van der Waals surface area contributed by atoms with Gasteiger partial charge in [0.25, 0.3) is 5.91 Å². The highest BCUT2D eigenvalue weighted by atomic mass is 35.5. The molecule has 1 aromatic rings. The molecule has 1 amide bonds. The first-order valence-electron chi connectivity index (χ1n) is 7.27. The van der Waals surface area contributed by atoms with Gasteiger partial charge in [0.1, 0.15) is 5.82 Å². The monoisotopic (exact) mass is 330 g/mol. The lowest BCUT2D eigenvalue weighted by atomic mass is 10.2. The zero-order valence-electron chi connectivity index (χ0n) is 12.3. The molecule has 22 heavy (non-hydrogen) atoms. The van der Waals surface area contributed by atoms with E-state index in [4.69, 9.17) is 21.4 Å². The van der Waals surface area contributed by atoms with Crippen molar-refractivity contribution in [3.05, 3.63) is 34.6 Å². The molecule has 1 aliphatic heterocycles. The topological polar surface area (TPSA) is 53.0 Å². The zero-order chi connectivity index (χ0) is 15.9. The molecule has 1 fully saturated rings. The van der Waals surface area contributed by atoms with E-state index in [9.17, 15) is 9.18 Å². The Kier molecular flexibility index (Phi) is 6.57. The van der Waals surface area contributed by atoms with Crippen LogP contribution in [0.4, 0.5) is 4.39 Å². The van der Waals surface area contributed by atoms with Crippen LogP contribution in [-0.2, 0) is 4.74 Å². The van der Waals surface area contributed by atoms with Crippen molar-refractivity contribution in [2.75, 3.05) is 52.5 Å². The minimum absolute atomic E-state index is 0.0667. The van der Waals surface area contributed by atoms with E-state index in [1.54, 1.807) is 0 Å². The second-order valence-electron chi connectivity index (χ2n) is 5.09. The standard InChI is InChI=1S/C15H20ClFN2O3/c16-12-1-2-14(17)13(11-12)15(21)19(5-8-20)4-3-18-6-9-22-10-7-18/h1-2,11,20H,3-10H2. The summed E-state index contributed by atoms with van der Waals surface area (Å²) >= 11 is 5.83. The molecular formula is C15H20ClFN2O3. The summed E-state index contributed by atoms with van der Waals surface area (Å²) in [4.78, 5) is 16.1. The van der Waals surface area contributed by atoms with Gasteiger partial charge in [0.05, 0.1) is 25.4 Å². The molecule has 0 unspecified atom stereocenters. The molecule has 1 aliphatic rings. The number of aliphatic hydroxyl groups is 1. The summed E-state index contributed by atoms with van der Waals surface area (Å²) in [5.41, 5.74) is -0.0667. The molecule has 122 valence electrons. The number of carbonyl (C=O) groups is 1. The molecular weight excluding hydrogens is 311 g/mol. The summed E-state index contributed by atoms with van der Waals surface area (Å²) in [6, 6.07) is 3.89. The fraction of sp³-hybridized carbons (Fsp3) is 0.533. The van der Waals surface area contributed by atoms with E-state index in [0.29, 0.717) is 31.3 Å². The van der Waals surface area contributed by atoms with E-state index in [2.05, 4.69) is 4.90 Å². The van der Waals surface area contributed by atoms with E-state index in [0.717, 1.165) is 13.1 Å². The molecule has 0 spiro atoms. The summed E-state index contributed by atoms with van der Waals surface area (Å²) in [5.74, 6) is -1.06. The summed E-state index contributed by atoms with van der Waals surface area (Å²) in [6.07, 6.45) is 0. The lowest BCUT2D eigenvalue weighted by Gasteiger charge is -2.30. The highest BCUT2D eigenvalue weighted by Crippen LogP contribution is 2.17. The van der Waals surface area contributed by atoms with Crippen molar-refractivity contribution >= 4 is 17.5 Å². The average Bonchev–Trinajstić information content (AvgIpc) is 2.54. The van der Waals surface area contributed by atoms with Crippen LogP contribution >= 0.6 is 11.6 Å². The van der Waals surface area contributed by atoms with Crippen molar-refractivity contribution in [3.8, 4) is 0 Å². The van der Waals surface area contributed by atoms with Crippen LogP contribution in [0.5, 0.6) is 0 Å². The van der Waals surface area contributed by atoms with Gasteiger partial charge in [-0.05, 0) is 18.2 Å². The van der Waals surface area contributed by atoms with Gasteiger partial charge >= 0.3 is 0 Å². The second-order valence-corrected chi connectivity index (χ2v) is 5.53. The molecule has 0 bridgehead atoms. The van der Waals surface area contributed by atoms with Gasteiger partial charge in [-0.25, -0.2) is 4.39 Å². The molecule has 1 aromatic carbocycles. The van der Waals surface area contributed by atoms with Crippen LogP contribution in [0, 0.1) is 5.82 Å². The maximum absolute atomic E-state index is 13.8. The molecule has 0 saturated carbocycles. The molecule has 7 heteroatoms. The normalized spacial score (nSPS) is 15.8. The smallest absolute Gasteiger partial charge is 0.257 e. The van der Waals surface area contributed by atoms with E-state index in [-0.39, 0.29) is 18.7 Å². The zero-order valence-corrected chi connectivity index (χ0v) is 13.1. The van der Waals surface area contributed by atoms with Crippen molar-refractivity contribution in [3.63, 3.8) is 0 Å². The van der Waals surface area contributed by atoms with Crippen LogP contribution in [0.25, 0.3) is 0 Å². The summed E-state index contributed by atoms with van der Waals surface area (Å²) in [5, 5.41) is 9.45. The number of amides is 1. The van der Waals surface area contributed by atoms with E-state index in [1.165, 1.54) is 23.1 Å². The predicted octanol–water partition coefficient (Wildman–Crippen LogP) is 1.25. The number of benzene rings is 1. The number of hydrogen-bond donors (Lipinski definition) is 1. The maximum Gasteiger partial charge on any atom is 0.257 e. The lowest BCUT2D eigenvalue weighted by Crippen LogP contribution is -2.44. The molecule has 2 rings (SSSR count). The van der Waals surface area contributed by atoms with Crippen LogP contribution in [-0.4, -0.2) is 73.4 Å². The number of halogens is 2. The highest BCUT2D eigenvalue weighted by Gasteiger charge is 2.20. The largest absolute Gasteiger partial charge is 0.395 e. The van der Waals surface area contributed by atoms with E-state index < -0.39 is 11.7 Å². The summed E-state index contributed by atoms with van der Waals surface area (Å²) in [6.45, 7) is 4.06. The Labute approximate surface area is 134 Å². The van der Waals surface area contributed by atoms with Crippen molar-refractivity contribution in [1.82, 2.24) is 9.80 Å². The number of hydrogen-bond acceptors (Lipinski definition) is 4. The van der Waals surface area contributed by atoms with Gasteiger partial charge in [-0.15, -0.1) is 0 Å². The molecule has 5 nitrogen and oxygen atoms in total. The van der Waals surface area contributed by atoms with Gasteiger partial charge in [-0.2, -0.15) is 0 Å². The van der Waals surface area contributed by atoms with Crippen LogP contribution in [0.1, 0.15) is 10.4 Å². The number of nitrogens with zero attached hydrogens (tertiary/aromatic N) is 2. The second kappa shape index (κ2) is 8.43. The summed E-state index contributed by atoms with van der Waals surface area (Å²) < 4.78 is 19.1. The third-order valence-corrected chi connectivity index (χ3v) is 3.84. The van der Waals surface area contributed by atoms with Gasteiger partial charge in [-0.1, -0.05) is 11.6 Å². The molecule has 1 heterocycles. The predicted molar refractivity (Wildman–Crippen MR) is 81.7 cm³/mol. The fourth-order valence-electron chi connectivity index (χ4n) is 2.35. The Morgan fingerprint density at radius 3 is 2.77 bits per heavy atom. The minimum atomic E-state index is -0.608. The fourth-order valence-corrected chi connectivity index (χ4v) is 2.53. The van der Waals surface area contributed by atoms with Gasteiger partial charge in [0.15, 0.2) is 0 Å². The first-order valence-corrected chi connectivity index (χ1v) is 7.65. The van der Waals surface area contributed by atoms with Crippen molar-refractivity contribution in [2.45, 2.75) is 0 Å². The first-order chi connectivity index (χ1) is 10.6. The van der Waals surface area contributed by atoms with Gasteiger partial charge in [-0.3, -0.25) is 9.69 Å². The number of carbonyl (C=O) groups excluding carboxylic acids is 1. The maximum atomic E-state index is 13.8. The Hall–Kier alpha value is -1.21. The molecule has 1 N–H and O–H groups in total. The van der Waals surface area contributed by atoms with Crippen LogP contribution in [0.3, 0.4) is 0 Å². The third-order valence-electron chi connectivity index (χ3n) is 3.61. The van der Waals surface area contributed by atoms with Crippen LogP contribution in [0.2, 0.25) is 5.02 Å². The quantitative estimate of drug-likeness (QED) is 0.853. The first kappa shape index (κ1) is 17.1. The Balaban J connectivity index is 2.02. The van der Waals surface area contributed by atoms with Gasteiger partial charge < -0.3 is 14.7 Å². The number of aliphatic hydroxyl groups excluding tert-OH is 1. The van der Waals surface area contributed by atoms with Crippen molar-refractivity contribution < 1.29 is 19.0 Å². The lowest BCUT2D eigenvalue weighted by molar-refractivity contribution is 0.0315. The highest BCUT2D eigenvalue weighted by molar-refractivity contribution is 6.31. The Morgan fingerprint density at radius 2 is 2.09 bits per heavy atom. The number of ether oxygens (including phenoxy) is 1. The van der Waals surface area contributed by atoms with E-state index in [1.807, 2.05) is 0 Å².